The Morgan fingerprint density at radius 1 is 1.14 bits per heavy atom. The number of rotatable bonds is 7. The lowest BCUT2D eigenvalue weighted by molar-refractivity contribution is -0.125. The smallest absolute Gasteiger partial charge is 0.239 e. The molecule has 0 radical (unpaired) electrons. The van der Waals surface area contributed by atoms with Crippen molar-refractivity contribution in [2.24, 2.45) is 0 Å². The largest absolute Gasteiger partial charge is 0.355 e. The number of hydrogen-bond donors (Lipinski definition) is 2. The van der Waals surface area contributed by atoms with E-state index in [9.17, 15) is 22.4 Å². The number of likely N-dealkylation sites (N-methyl/N-ethyl adjacent to an activating group) is 1. The lowest BCUT2D eigenvalue weighted by Gasteiger charge is -2.07. The molecule has 0 aliphatic rings. The van der Waals surface area contributed by atoms with Crippen LogP contribution in [0.3, 0.4) is 0 Å². The molecule has 0 spiro atoms. The molecule has 0 unspecified atom stereocenters. The van der Waals surface area contributed by atoms with Crippen LogP contribution in [0.5, 0.6) is 0 Å². The first kappa shape index (κ1) is 17.1. The van der Waals surface area contributed by atoms with Crippen LogP contribution >= 0.6 is 0 Å². The minimum Gasteiger partial charge on any atom is -0.355 e. The average molecular weight is 316 g/mol. The van der Waals surface area contributed by atoms with Crippen molar-refractivity contribution in [3.63, 3.8) is 0 Å². The molecule has 0 saturated carbocycles. The maximum Gasteiger partial charge on any atom is 0.239 e. The number of sulfone groups is 1. The third kappa shape index (κ3) is 5.50. The Morgan fingerprint density at radius 3 is 2.43 bits per heavy atom. The normalized spacial score (nSPS) is 11.0. The molecule has 1 aromatic carbocycles. The molecule has 0 aromatic heterocycles. The Kier molecular flexibility index (Phi) is 6.29. The minimum atomic E-state index is -3.87. The van der Waals surface area contributed by atoms with Gasteiger partial charge in [0.15, 0.2) is 9.84 Å². The van der Waals surface area contributed by atoms with Gasteiger partial charge < -0.3 is 10.6 Å². The summed E-state index contributed by atoms with van der Waals surface area (Å²) in [5, 5.41) is 4.78. The molecular weight excluding hydrogens is 299 g/mol. The molecule has 116 valence electrons. The summed E-state index contributed by atoms with van der Waals surface area (Å²) in [6.07, 6.45) is -0.337. The first-order chi connectivity index (χ1) is 9.86. The third-order valence-electron chi connectivity index (χ3n) is 2.59. The van der Waals surface area contributed by atoms with Gasteiger partial charge >= 0.3 is 0 Å². The number of hydrogen-bond acceptors (Lipinski definition) is 4. The molecule has 21 heavy (non-hydrogen) atoms. The van der Waals surface area contributed by atoms with Crippen molar-refractivity contribution in [2.45, 2.75) is 18.2 Å². The predicted molar refractivity (Wildman–Crippen MR) is 74.8 cm³/mol. The molecule has 1 rings (SSSR count). The van der Waals surface area contributed by atoms with Crippen LogP contribution in [0, 0.1) is 5.82 Å². The summed E-state index contributed by atoms with van der Waals surface area (Å²) in [5.41, 5.74) is 0. The first-order valence-corrected chi connectivity index (χ1v) is 8.02. The fraction of sp³-hybridized carbons (Fsp3) is 0.385. The summed E-state index contributed by atoms with van der Waals surface area (Å²) in [6, 6.07) is 4.98. The zero-order valence-electron chi connectivity index (χ0n) is 11.6. The maximum atomic E-state index is 13.4. The summed E-state index contributed by atoms with van der Waals surface area (Å²) in [4.78, 5) is 22.2. The fourth-order valence-corrected chi connectivity index (χ4v) is 2.89. The zero-order valence-corrected chi connectivity index (χ0v) is 12.4. The average Bonchev–Trinajstić information content (AvgIpc) is 2.43. The van der Waals surface area contributed by atoms with Crippen LogP contribution in [0.2, 0.25) is 0 Å². The quantitative estimate of drug-likeness (QED) is 0.754. The predicted octanol–water partition coefficient (Wildman–Crippen LogP) is 0.242. The van der Waals surface area contributed by atoms with Gasteiger partial charge in [-0.3, -0.25) is 9.59 Å². The standard InChI is InChI=1S/C13H17FN2O4S/c1-2-15-13(18)9-16-12(17)7-8-21(19,20)11-6-4-3-5-10(11)14/h3-6H,2,7-9H2,1H3,(H,15,18)(H,16,17). The van der Waals surface area contributed by atoms with Gasteiger partial charge in [0.1, 0.15) is 10.7 Å². The number of benzene rings is 1. The molecule has 2 amide bonds. The van der Waals surface area contributed by atoms with Crippen molar-refractivity contribution in [3.8, 4) is 0 Å². The lowest BCUT2D eigenvalue weighted by atomic mass is 10.3. The fourth-order valence-electron chi connectivity index (χ4n) is 1.56. The summed E-state index contributed by atoms with van der Waals surface area (Å²) >= 11 is 0. The zero-order chi connectivity index (χ0) is 15.9. The highest BCUT2D eigenvalue weighted by Crippen LogP contribution is 2.15. The highest BCUT2D eigenvalue weighted by atomic mass is 32.2. The molecule has 8 heteroatoms. The summed E-state index contributed by atoms with van der Waals surface area (Å²) in [7, 11) is -3.87. The van der Waals surface area contributed by atoms with Crippen LogP contribution in [0.1, 0.15) is 13.3 Å². The van der Waals surface area contributed by atoms with Crippen LogP contribution < -0.4 is 10.6 Å². The van der Waals surface area contributed by atoms with E-state index in [0.29, 0.717) is 6.54 Å². The molecule has 0 aliphatic heterocycles. The van der Waals surface area contributed by atoms with E-state index in [1.807, 2.05) is 0 Å². The second kappa shape index (κ2) is 7.72. The highest BCUT2D eigenvalue weighted by molar-refractivity contribution is 7.91. The summed E-state index contributed by atoms with van der Waals surface area (Å²) < 4.78 is 37.2. The van der Waals surface area contributed by atoms with Crippen molar-refractivity contribution in [1.82, 2.24) is 10.6 Å². The van der Waals surface area contributed by atoms with Crippen LogP contribution in [0.15, 0.2) is 29.2 Å². The minimum absolute atomic E-state index is 0.216. The van der Waals surface area contributed by atoms with E-state index < -0.39 is 32.2 Å². The van der Waals surface area contributed by atoms with Crippen LogP contribution in [0.25, 0.3) is 0 Å². The molecule has 0 saturated heterocycles. The van der Waals surface area contributed by atoms with Gasteiger partial charge in [0, 0.05) is 13.0 Å². The van der Waals surface area contributed by atoms with Crippen LogP contribution in [-0.4, -0.2) is 39.1 Å². The Hall–Kier alpha value is -1.96. The van der Waals surface area contributed by atoms with E-state index in [-0.39, 0.29) is 18.9 Å². The second-order valence-electron chi connectivity index (χ2n) is 4.23. The molecule has 1 aromatic rings. The van der Waals surface area contributed by atoms with E-state index in [4.69, 9.17) is 0 Å². The van der Waals surface area contributed by atoms with Gasteiger partial charge in [0.25, 0.3) is 0 Å². The SMILES string of the molecule is CCNC(=O)CNC(=O)CCS(=O)(=O)c1ccccc1F. The molecule has 2 N–H and O–H groups in total. The Morgan fingerprint density at radius 2 is 1.81 bits per heavy atom. The van der Waals surface area contributed by atoms with Crippen molar-refractivity contribution in [1.29, 1.82) is 0 Å². The van der Waals surface area contributed by atoms with Crippen molar-refractivity contribution in [3.05, 3.63) is 30.1 Å². The number of carbonyl (C=O) groups is 2. The number of carbonyl (C=O) groups excluding carboxylic acids is 2. The van der Waals surface area contributed by atoms with E-state index in [2.05, 4.69) is 10.6 Å². The topological polar surface area (TPSA) is 92.3 Å². The molecule has 0 fully saturated rings. The van der Waals surface area contributed by atoms with Gasteiger partial charge in [-0.1, -0.05) is 12.1 Å². The van der Waals surface area contributed by atoms with Gasteiger partial charge in [-0.25, -0.2) is 12.8 Å². The van der Waals surface area contributed by atoms with Crippen LogP contribution in [-0.2, 0) is 19.4 Å². The van der Waals surface area contributed by atoms with E-state index in [1.165, 1.54) is 12.1 Å². The number of amides is 2. The Bertz CT molecular complexity index is 616. The Balaban J connectivity index is 2.53. The van der Waals surface area contributed by atoms with Gasteiger partial charge in [-0.15, -0.1) is 0 Å². The van der Waals surface area contributed by atoms with Gasteiger partial charge in [0.05, 0.1) is 12.3 Å². The van der Waals surface area contributed by atoms with Crippen molar-refractivity contribution >= 4 is 21.7 Å². The van der Waals surface area contributed by atoms with Crippen molar-refractivity contribution < 1.29 is 22.4 Å². The Labute approximate surface area is 122 Å². The van der Waals surface area contributed by atoms with Gasteiger partial charge in [0.2, 0.25) is 11.8 Å². The second-order valence-corrected chi connectivity index (χ2v) is 6.31. The number of halogens is 1. The maximum absolute atomic E-state index is 13.4. The number of nitrogens with one attached hydrogen (secondary N) is 2. The lowest BCUT2D eigenvalue weighted by Crippen LogP contribution is -2.37. The van der Waals surface area contributed by atoms with E-state index in [1.54, 1.807) is 6.92 Å². The van der Waals surface area contributed by atoms with Gasteiger partial charge in [-0.2, -0.15) is 0 Å². The molecule has 0 heterocycles. The van der Waals surface area contributed by atoms with Crippen molar-refractivity contribution in [2.75, 3.05) is 18.8 Å². The monoisotopic (exact) mass is 316 g/mol. The summed E-state index contributed by atoms with van der Waals surface area (Å²) in [6.45, 7) is 1.96. The summed E-state index contributed by atoms with van der Waals surface area (Å²) in [5.74, 6) is -2.31. The first-order valence-electron chi connectivity index (χ1n) is 6.37. The molecule has 0 bridgehead atoms. The van der Waals surface area contributed by atoms with E-state index >= 15 is 0 Å². The molecule has 0 atom stereocenters. The molecule has 6 nitrogen and oxygen atoms in total. The molecule has 0 aliphatic carbocycles. The molecular formula is C13H17FN2O4S. The van der Waals surface area contributed by atoms with Gasteiger partial charge in [-0.05, 0) is 19.1 Å². The van der Waals surface area contributed by atoms with Crippen LogP contribution in [0.4, 0.5) is 4.39 Å². The highest BCUT2D eigenvalue weighted by Gasteiger charge is 2.20. The van der Waals surface area contributed by atoms with E-state index in [0.717, 1.165) is 12.1 Å². The third-order valence-corrected chi connectivity index (χ3v) is 4.33.